The number of halogens is 1. The molecule has 5 rings (SSSR count). The summed E-state index contributed by atoms with van der Waals surface area (Å²) < 4.78 is 27.9. The molecule has 2 heterocycles. The van der Waals surface area contributed by atoms with Crippen LogP contribution in [0.25, 0.3) is 0 Å². The maximum absolute atomic E-state index is 13.2. The summed E-state index contributed by atoms with van der Waals surface area (Å²) in [4.78, 5) is 5.67. The number of rotatable bonds is 9. The van der Waals surface area contributed by atoms with Crippen LogP contribution in [-0.2, 0) is 10.0 Å². The lowest BCUT2D eigenvalue weighted by atomic mass is 9.89. The van der Waals surface area contributed by atoms with Crippen molar-refractivity contribution in [1.29, 1.82) is 0 Å². The molecule has 3 atom stereocenters. The molecule has 202 valence electrons. The smallest absolute Gasteiger partial charge is 0.242 e. The van der Waals surface area contributed by atoms with Crippen LogP contribution in [0.4, 0.5) is 0 Å². The van der Waals surface area contributed by atoms with Crippen molar-refractivity contribution >= 4 is 21.6 Å². The normalized spacial score (nSPS) is 24.8. The molecule has 0 radical (unpaired) electrons. The molecule has 0 amide bonds. The number of benzene rings is 2. The number of likely N-dealkylation sites (N-methyl/N-ethyl adjacent to an activating group) is 1. The van der Waals surface area contributed by atoms with Gasteiger partial charge in [0.25, 0.3) is 0 Å². The maximum atomic E-state index is 13.2. The van der Waals surface area contributed by atoms with Gasteiger partial charge in [-0.3, -0.25) is 10.2 Å². The molecule has 37 heavy (non-hydrogen) atoms. The second-order valence-corrected chi connectivity index (χ2v) is 13.5. The van der Waals surface area contributed by atoms with Crippen LogP contribution in [0.2, 0.25) is 5.02 Å². The Morgan fingerprint density at radius 2 is 1.78 bits per heavy atom. The zero-order chi connectivity index (χ0) is 25.8. The fraction of sp³-hybridized carbons (Fsp3) is 0.586. The van der Waals surface area contributed by atoms with Gasteiger partial charge in [0.15, 0.2) is 0 Å². The van der Waals surface area contributed by atoms with Gasteiger partial charge in [0.05, 0.1) is 4.90 Å². The third-order valence-corrected chi connectivity index (χ3v) is 10.8. The highest BCUT2D eigenvalue weighted by atomic mass is 35.5. The zero-order valence-electron chi connectivity index (χ0n) is 21.9. The van der Waals surface area contributed by atoms with Crippen molar-refractivity contribution in [1.82, 2.24) is 19.4 Å². The van der Waals surface area contributed by atoms with Crippen molar-refractivity contribution in [3.05, 3.63) is 65.2 Å². The number of hydrogen-bond acceptors (Lipinski definition) is 5. The average Bonchev–Trinajstić information content (AvgIpc) is 3.36. The number of piperidine rings is 1. The second-order valence-electron chi connectivity index (χ2n) is 11.0. The molecule has 0 spiro atoms. The largest absolute Gasteiger partial charge is 0.303 e. The number of fused-ring (bicyclic) bond motifs is 1. The van der Waals surface area contributed by atoms with Gasteiger partial charge in [-0.2, -0.15) is 0 Å². The number of nitrogens with one attached hydrogen (secondary N) is 1. The molecular weight excluding hydrogens is 504 g/mol. The Balaban J connectivity index is 1.20. The van der Waals surface area contributed by atoms with Crippen molar-refractivity contribution in [2.45, 2.75) is 73.9 Å². The molecular formula is C29H41ClN4O2S. The Bertz CT molecular complexity index is 1120. The Morgan fingerprint density at radius 1 is 1.03 bits per heavy atom. The van der Waals surface area contributed by atoms with Crippen LogP contribution in [0.5, 0.6) is 0 Å². The van der Waals surface area contributed by atoms with Gasteiger partial charge < -0.3 is 4.90 Å². The number of hydrogen-bond donors (Lipinski definition) is 1. The number of likely N-dealkylation sites (tertiary alicyclic amines) is 1. The first-order valence-electron chi connectivity index (χ1n) is 13.9. The third-order valence-electron chi connectivity index (χ3n) is 8.76. The molecule has 0 aromatic heterocycles. The predicted octanol–water partition coefficient (Wildman–Crippen LogP) is 4.77. The number of nitrogens with zero attached hydrogens (tertiary/aromatic N) is 3. The third kappa shape index (κ3) is 6.40. The van der Waals surface area contributed by atoms with Crippen molar-refractivity contribution in [2.75, 3.05) is 39.9 Å². The van der Waals surface area contributed by atoms with Crippen LogP contribution in [0, 0.1) is 0 Å². The summed E-state index contributed by atoms with van der Waals surface area (Å²) >= 11 is 6.33. The van der Waals surface area contributed by atoms with Crippen molar-refractivity contribution < 1.29 is 8.42 Å². The van der Waals surface area contributed by atoms with Crippen LogP contribution >= 0.6 is 11.6 Å². The Kier molecular flexibility index (Phi) is 8.89. The summed E-state index contributed by atoms with van der Waals surface area (Å²) in [6.45, 7) is 4.67. The van der Waals surface area contributed by atoms with E-state index in [1.165, 1.54) is 42.8 Å². The lowest BCUT2D eigenvalue weighted by molar-refractivity contribution is 0.0844. The van der Waals surface area contributed by atoms with Crippen molar-refractivity contribution in [3.63, 3.8) is 0 Å². The molecule has 3 fully saturated rings. The van der Waals surface area contributed by atoms with Crippen LogP contribution in [0.3, 0.4) is 0 Å². The topological polar surface area (TPSA) is 55.9 Å². The monoisotopic (exact) mass is 544 g/mol. The van der Waals surface area contributed by atoms with Gasteiger partial charge in [0.2, 0.25) is 10.0 Å². The summed E-state index contributed by atoms with van der Waals surface area (Å²) in [6, 6.07) is 18.7. The minimum Gasteiger partial charge on any atom is -0.303 e. The van der Waals surface area contributed by atoms with Crippen molar-refractivity contribution in [3.8, 4) is 0 Å². The van der Waals surface area contributed by atoms with E-state index >= 15 is 0 Å². The van der Waals surface area contributed by atoms with E-state index in [1.807, 2.05) is 24.3 Å². The summed E-state index contributed by atoms with van der Waals surface area (Å²) in [5.41, 5.74) is 1.10. The van der Waals surface area contributed by atoms with E-state index in [0.717, 1.165) is 44.3 Å². The quantitative estimate of drug-likeness (QED) is 0.493. The molecule has 1 aliphatic carbocycles. The van der Waals surface area contributed by atoms with Gasteiger partial charge in [-0.1, -0.05) is 54.8 Å². The average molecular weight is 545 g/mol. The van der Waals surface area contributed by atoms with E-state index in [2.05, 4.69) is 21.2 Å². The first-order valence-corrected chi connectivity index (χ1v) is 15.7. The number of sulfonamides is 1. The molecule has 0 bridgehead atoms. The van der Waals surface area contributed by atoms with Crippen LogP contribution in [-0.4, -0.2) is 80.5 Å². The van der Waals surface area contributed by atoms with Gasteiger partial charge in [-0.25, -0.2) is 12.7 Å². The van der Waals surface area contributed by atoms with E-state index in [1.54, 1.807) is 31.3 Å². The Hall–Kier alpha value is -1.48. The van der Waals surface area contributed by atoms with Crippen LogP contribution < -0.4 is 5.32 Å². The highest BCUT2D eigenvalue weighted by Gasteiger charge is 2.39. The lowest BCUT2D eigenvalue weighted by Crippen LogP contribution is -2.49. The van der Waals surface area contributed by atoms with Crippen molar-refractivity contribution in [2.24, 2.45) is 0 Å². The van der Waals surface area contributed by atoms with E-state index in [4.69, 9.17) is 11.6 Å². The van der Waals surface area contributed by atoms with Gasteiger partial charge in [-0.05, 0) is 87.5 Å². The highest BCUT2D eigenvalue weighted by molar-refractivity contribution is 7.89. The highest BCUT2D eigenvalue weighted by Crippen LogP contribution is 2.32. The summed E-state index contributed by atoms with van der Waals surface area (Å²) in [7, 11) is -1.86. The predicted molar refractivity (Wildman–Crippen MR) is 150 cm³/mol. The van der Waals surface area contributed by atoms with Crippen LogP contribution in [0.1, 0.15) is 56.4 Å². The first kappa shape index (κ1) is 27.1. The van der Waals surface area contributed by atoms with E-state index in [9.17, 15) is 8.42 Å². The molecule has 3 aliphatic rings. The van der Waals surface area contributed by atoms with Gasteiger partial charge in [-0.15, -0.1) is 0 Å². The minimum absolute atomic E-state index is 0.0747. The minimum atomic E-state index is -3.55. The first-order chi connectivity index (χ1) is 17.9. The maximum Gasteiger partial charge on any atom is 0.242 e. The molecule has 2 unspecified atom stereocenters. The molecule has 2 aliphatic heterocycles. The Morgan fingerprint density at radius 3 is 2.54 bits per heavy atom. The summed E-state index contributed by atoms with van der Waals surface area (Å²) in [5, 5.41) is 4.46. The molecule has 8 heteroatoms. The molecule has 1 saturated carbocycles. The zero-order valence-corrected chi connectivity index (χ0v) is 23.5. The molecule has 6 nitrogen and oxygen atoms in total. The molecule has 2 saturated heterocycles. The summed E-state index contributed by atoms with van der Waals surface area (Å²) in [5.74, 6) is 0.0747. The fourth-order valence-corrected chi connectivity index (χ4v) is 8.04. The van der Waals surface area contributed by atoms with Crippen LogP contribution in [0.15, 0.2) is 59.5 Å². The van der Waals surface area contributed by atoms with E-state index < -0.39 is 10.0 Å². The van der Waals surface area contributed by atoms with Gasteiger partial charge in [0.1, 0.15) is 0 Å². The van der Waals surface area contributed by atoms with E-state index in [0.29, 0.717) is 28.5 Å². The second kappa shape index (κ2) is 12.1. The van der Waals surface area contributed by atoms with E-state index in [-0.39, 0.29) is 5.92 Å². The Labute approximate surface area is 228 Å². The lowest BCUT2D eigenvalue weighted by Gasteiger charge is -2.41. The fourth-order valence-electron chi connectivity index (χ4n) is 6.60. The van der Waals surface area contributed by atoms with Gasteiger partial charge in [0, 0.05) is 43.4 Å². The molecule has 2 aromatic rings. The van der Waals surface area contributed by atoms with Gasteiger partial charge >= 0.3 is 0 Å². The standard InChI is InChI=1S/C29H41ClN4O2S/c1-32(37(35,36)27-10-3-2-4-11-27)21-24(23-8-7-9-25(30)20-23)14-17-33-18-15-26(16-19-33)34-22-31-28-12-5-6-13-29(28)34/h2-4,7-11,20,24,26,28-29,31H,5-6,12-19,21-22H2,1H3/t24-,28?,29?/m1/s1. The molecule has 2 aromatic carbocycles. The summed E-state index contributed by atoms with van der Waals surface area (Å²) in [6.07, 6.45) is 8.76. The SMILES string of the molecule is CN(C[C@@H](CCN1CCC(N2CNC3CCCCC32)CC1)c1cccc(Cl)c1)S(=O)(=O)c1ccccc1. The molecule has 1 N–H and O–H groups in total.